The quantitative estimate of drug-likeness (QED) is 0.619. The molecule has 0 heterocycles. The van der Waals surface area contributed by atoms with E-state index in [1.165, 1.54) is 25.7 Å². The van der Waals surface area contributed by atoms with Crippen LogP contribution in [-0.2, 0) is 4.74 Å². The Kier molecular flexibility index (Phi) is 3.96. The fourth-order valence-corrected chi connectivity index (χ4v) is 3.28. The Morgan fingerprint density at radius 2 is 2.05 bits per heavy atom. The molecule has 3 rings (SSSR count). The first-order valence-corrected chi connectivity index (χ1v) is 7.55. The van der Waals surface area contributed by atoms with E-state index in [9.17, 15) is 0 Å². The summed E-state index contributed by atoms with van der Waals surface area (Å²) in [6.07, 6.45) is 7.25. The molecule has 1 atom stereocenters. The van der Waals surface area contributed by atoms with Crippen LogP contribution in [0.5, 0.6) is 5.75 Å². The summed E-state index contributed by atoms with van der Waals surface area (Å²) < 4.78 is 11.7. The molecule has 0 aliphatic heterocycles. The molecule has 20 heavy (non-hydrogen) atoms. The maximum absolute atomic E-state index is 5.88. The van der Waals surface area contributed by atoms with Gasteiger partial charge in [0.2, 0.25) is 0 Å². The number of hydrogen-bond donors (Lipinski definition) is 2. The molecule has 110 valence electrons. The lowest BCUT2D eigenvalue weighted by Crippen LogP contribution is -2.46. The average molecular weight is 276 g/mol. The third kappa shape index (κ3) is 2.68. The fourth-order valence-electron chi connectivity index (χ4n) is 3.28. The van der Waals surface area contributed by atoms with E-state index in [-0.39, 0.29) is 11.6 Å². The molecule has 2 aliphatic carbocycles. The van der Waals surface area contributed by atoms with Crippen molar-refractivity contribution in [3.05, 3.63) is 29.8 Å². The van der Waals surface area contributed by atoms with Gasteiger partial charge in [-0.1, -0.05) is 25.0 Å². The summed E-state index contributed by atoms with van der Waals surface area (Å²) in [5, 5.41) is 0. The Bertz CT molecular complexity index is 454. The van der Waals surface area contributed by atoms with Crippen LogP contribution < -0.4 is 16.0 Å². The van der Waals surface area contributed by atoms with E-state index in [0.29, 0.717) is 6.10 Å². The monoisotopic (exact) mass is 276 g/mol. The van der Waals surface area contributed by atoms with Crippen LogP contribution in [0, 0.1) is 0 Å². The van der Waals surface area contributed by atoms with Gasteiger partial charge in [0.05, 0.1) is 17.7 Å². The number of nitrogens with two attached hydrogens (primary N) is 1. The van der Waals surface area contributed by atoms with Crippen LogP contribution in [0.4, 0.5) is 0 Å². The van der Waals surface area contributed by atoms with Crippen molar-refractivity contribution in [3.8, 4) is 5.75 Å². The molecule has 3 N–H and O–H groups in total. The number of hydrazine groups is 1. The predicted octanol–water partition coefficient (Wildman–Crippen LogP) is 2.69. The molecule has 0 spiro atoms. The predicted molar refractivity (Wildman–Crippen MR) is 78.4 cm³/mol. The minimum absolute atomic E-state index is 0.0118. The highest BCUT2D eigenvalue weighted by Gasteiger charge is 2.42. The van der Waals surface area contributed by atoms with E-state index >= 15 is 0 Å². The number of nitrogens with one attached hydrogen (secondary N) is 1. The van der Waals surface area contributed by atoms with Gasteiger partial charge < -0.3 is 9.47 Å². The molecule has 0 aromatic heterocycles. The highest BCUT2D eigenvalue weighted by atomic mass is 16.5. The number of rotatable bonds is 6. The lowest BCUT2D eigenvalue weighted by Gasteiger charge is -2.36. The van der Waals surface area contributed by atoms with E-state index in [0.717, 1.165) is 24.2 Å². The maximum Gasteiger partial charge on any atom is 0.120 e. The van der Waals surface area contributed by atoms with Crippen molar-refractivity contribution in [3.63, 3.8) is 0 Å². The van der Waals surface area contributed by atoms with Gasteiger partial charge in [0, 0.05) is 7.11 Å². The van der Waals surface area contributed by atoms with Gasteiger partial charge in [0.15, 0.2) is 0 Å². The number of ether oxygens (including phenoxy) is 2. The number of hydrogen-bond acceptors (Lipinski definition) is 4. The fraction of sp³-hybridized carbons (Fsp3) is 0.625. The molecule has 2 aliphatic rings. The van der Waals surface area contributed by atoms with Crippen molar-refractivity contribution in [2.75, 3.05) is 7.11 Å². The van der Waals surface area contributed by atoms with Crippen LogP contribution in [0.1, 0.15) is 50.1 Å². The summed E-state index contributed by atoms with van der Waals surface area (Å²) in [6.45, 7) is 0. The molecule has 2 fully saturated rings. The second-order valence-corrected chi connectivity index (χ2v) is 5.97. The highest BCUT2D eigenvalue weighted by Crippen LogP contribution is 2.42. The molecule has 1 unspecified atom stereocenters. The van der Waals surface area contributed by atoms with E-state index in [2.05, 4.69) is 17.6 Å². The van der Waals surface area contributed by atoms with Crippen molar-refractivity contribution in [2.45, 2.75) is 56.3 Å². The first-order chi connectivity index (χ1) is 9.77. The van der Waals surface area contributed by atoms with E-state index < -0.39 is 0 Å². The molecular weight excluding hydrogens is 252 g/mol. The topological polar surface area (TPSA) is 56.5 Å². The molecule has 0 radical (unpaired) electrons. The third-order valence-electron chi connectivity index (χ3n) is 4.57. The zero-order valence-corrected chi connectivity index (χ0v) is 12.1. The van der Waals surface area contributed by atoms with Crippen LogP contribution in [-0.4, -0.2) is 18.8 Å². The zero-order valence-electron chi connectivity index (χ0n) is 12.1. The van der Waals surface area contributed by atoms with Gasteiger partial charge in [-0.15, -0.1) is 0 Å². The third-order valence-corrected chi connectivity index (χ3v) is 4.57. The molecule has 4 nitrogen and oxygen atoms in total. The zero-order chi connectivity index (χ0) is 14.0. The van der Waals surface area contributed by atoms with E-state index in [1.807, 2.05) is 12.1 Å². The summed E-state index contributed by atoms with van der Waals surface area (Å²) in [4.78, 5) is 0. The normalized spacial score (nSPS) is 22.7. The van der Waals surface area contributed by atoms with Crippen molar-refractivity contribution < 1.29 is 9.47 Å². The molecule has 2 saturated carbocycles. The van der Waals surface area contributed by atoms with Crippen molar-refractivity contribution in [2.24, 2.45) is 5.84 Å². The van der Waals surface area contributed by atoms with Gasteiger partial charge in [-0.25, -0.2) is 0 Å². The Balaban J connectivity index is 1.84. The first kappa shape index (κ1) is 13.9. The van der Waals surface area contributed by atoms with Crippen LogP contribution in [0.15, 0.2) is 24.3 Å². The largest absolute Gasteiger partial charge is 0.490 e. The number of benzene rings is 1. The van der Waals surface area contributed by atoms with Gasteiger partial charge in [0.25, 0.3) is 0 Å². The SMILES string of the molecule is COC1(C(NN)c2cccc(OC3CC3)c2)CCCC1. The Labute approximate surface area is 120 Å². The average Bonchev–Trinajstić information content (AvgIpc) is 3.15. The summed E-state index contributed by atoms with van der Waals surface area (Å²) in [5.41, 5.74) is 3.93. The maximum atomic E-state index is 5.88. The molecule has 1 aromatic carbocycles. The van der Waals surface area contributed by atoms with E-state index in [4.69, 9.17) is 15.3 Å². The van der Waals surface area contributed by atoms with Crippen LogP contribution in [0.25, 0.3) is 0 Å². The van der Waals surface area contributed by atoms with Crippen molar-refractivity contribution >= 4 is 0 Å². The van der Waals surface area contributed by atoms with Gasteiger partial charge in [0.1, 0.15) is 5.75 Å². The Morgan fingerprint density at radius 1 is 1.30 bits per heavy atom. The van der Waals surface area contributed by atoms with Gasteiger partial charge in [-0.3, -0.25) is 11.3 Å². The molecule has 0 amide bonds. The summed E-state index contributed by atoms with van der Waals surface area (Å²) in [5.74, 6) is 6.78. The summed E-state index contributed by atoms with van der Waals surface area (Å²) in [7, 11) is 1.79. The lowest BCUT2D eigenvalue weighted by atomic mass is 9.87. The van der Waals surface area contributed by atoms with E-state index in [1.54, 1.807) is 7.11 Å². The minimum Gasteiger partial charge on any atom is -0.490 e. The second-order valence-electron chi connectivity index (χ2n) is 5.97. The van der Waals surface area contributed by atoms with Gasteiger partial charge in [-0.05, 0) is 43.4 Å². The smallest absolute Gasteiger partial charge is 0.120 e. The lowest BCUT2D eigenvalue weighted by molar-refractivity contribution is -0.0369. The highest BCUT2D eigenvalue weighted by molar-refractivity contribution is 5.33. The summed E-state index contributed by atoms with van der Waals surface area (Å²) in [6, 6.07) is 8.27. The first-order valence-electron chi connectivity index (χ1n) is 7.55. The molecule has 4 heteroatoms. The number of methoxy groups -OCH3 is 1. The molecule has 0 saturated heterocycles. The standard InChI is InChI=1S/C16H24N2O2/c1-19-16(9-2-3-10-16)15(18-17)12-5-4-6-14(11-12)20-13-7-8-13/h4-6,11,13,15,18H,2-3,7-10,17H2,1H3. The van der Waals surface area contributed by atoms with Gasteiger partial charge in [-0.2, -0.15) is 0 Å². The second kappa shape index (κ2) is 5.72. The minimum atomic E-state index is -0.188. The molecule has 1 aromatic rings. The molecular formula is C16H24N2O2. The van der Waals surface area contributed by atoms with Crippen molar-refractivity contribution in [1.82, 2.24) is 5.43 Å². The van der Waals surface area contributed by atoms with Crippen LogP contribution in [0.3, 0.4) is 0 Å². The van der Waals surface area contributed by atoms with Crippen LogP contribution in [0.2, 0.25) is 0 Å². The van der Waals surface area contributed by atoms with Crippen molar-refractivity contribution in [1.29, 1.82) is 0 Å². The Morgan fingerprint density at radius 3 is 2.65 bits per heavy atom. The summed E-state index contributed by atoms with van der Waals surface area (Å²) >= 11 is 0. The Hall–Kier alpha value is -1.10. The van der Waals surface area contributed by atoms with Gasteiger partial charge >= 0.3 is 0 Å². The van der Waals surface area contributed by atoms with Crippen LogP contribution >= 0.6 is 0 Å². The molecule has 0 bridgehead atoms.